The van der Waals surface area contributed by atoms with E-state index in [2.05, 4.69) is 22.4 Å². The standard InChI is InChI=1S/C19H24F2N4O/c1-24-13-5-4-6-14(24)10-12(9-13)22-19(26)18-15-7-2-3-8-16(15)25(23-18)11-17(20)21/h2-3,7-8,12-14,17H,4-6,9-11H2,1H3,(H,22,26)/t12-,13+,14-. The normalized spacial score (nSPS) is 26.4. The van der Waals surface area contributed by atoms with Crippen LogP contribution in [0.5, 0.6) is 0 Å². The van der Waals surface area contributed by atoms with Gasteiger partial charge in [0.05, 0.1) is 5.52 Å². The minimum atomic E-state index is -2.51. The smallest absolute Gasteiger partial charge is 0.272 e. The minimum Gasteiger partial charge on any atom is -0.348 e. The van der Waals surface area contributed by atoms with Crippen molar-refractivity contribution < 1.29 is 13.6 Å². The molecule has 7 heteroatoms. The number of amides is 1. The summed E-state index contributed by atoms with van der Waals surface area (Å²) in [6.45, 7) is -0.508. The van der Waals surface area contributed by atoms with Crippen molar-refractivity contribution in [1.82, 2.24) is 20.0 Å². The van der Waals surface area contributed by atoms with E-state index in [0.29, 0.717) is 23.0 Å². The van der Waals surface area contributed by atoms with Crippen molar-refractivity contribution in [3.63, 3.8) is 0 Å². The molecule has 2 bridgehead atoms. The molecule has 3 atom stereocenters. The number of rotatable bonds is 4. The summed E-state index contributed by atoms with van der Waals surface area (Å²) in [7, 11) is 2.17. The number of carbonyl (C=O) groups is 1. The quantitative estimate of drug-likeness (QED) is 0.910. The Bertz CT molecular complexity index is 792. The predicted molar refractivity (Wildman–Crippen MR) is 95.4 cm³/mol. The van der Waals surface area contributed by atoms with Gasteiger partial charge in [0, 0.05) is 23.5 Å². The molecule has 2 saturated heterocycles. The van der Waals surface area contributed by atoms with E-state index in [1.807, 2.05) is 0 Å². The SMILES string of the molecule is CN1[C@@H]2CCC[C@H]1C[C@@H](NC(=O)c1nn(CC(F)F)c3ccccc13)C2. The molecule has 26 heavy (non-hydrogen) atoms. The Kier molecular flexibility index (Phi) is 4.65. The van der Waals surface area contributed by atoms with Gasteiger partial charge in [-0.15, -0.1) is 0 Å². The van der Waals surface area contributed by atoms with Gasteiger partial charge in [0.15, 0.2) is 5.69 Å². The van der Waals surface area contributed by atoms with Gasteiger partial charge >= 0.3 is 0 Å². The molecule has 1 aromatic heterocycles. The highest BCUT2D eigenvalue weighted by molar-refractivity contribution is 6.05. The number of carbonyl (C=O) groups excluding carboxylic acids is 1. The summed E-state index contributed by atoms with van der Waals surface area (Å²) >= 11 is 0. The van der Waals surface area contributed by atoms with Gasteiger partial charge < -0.3 is 10.2 Å². The lowest BCUT2D eigenvalue weighted by atomic mass is 9.82. The first kappa shape index (κ1) is 17.4. The van der Waals surface area contributed by atoms with Gasteiger partial charge in [0.1, 0.15) is 6.54 Å². The molecular formula is C19H24F2N4O. The van der Waals surface area contributed by atoms with Gasteiger partial charge in [-0.3, -0.25) is 9.48 Å². The average molecular weight is 362 g/mol. The number of hydrogen-bond donors (Lipinski definition) is 1. The fourth-order valence-electron chi connectivity index (χ4n) is 4.55. The Morgan fingerprint density at radius 2 is 1.96 bits per heavy atom. The fourth-order valence-corrected chi connectivity index (χ4v) is 4.55. The average Bonchev–Trinajstić information content (AvgIpc) is 2.94. The first-order chi connectivity index (χ1) is 12.5. The van der Waals surface area contributed by atoms with Crippen LogP contribution in [-0.2, 0) is 6.54 Å². The molecule has 5 nitrogen and oxygen atoms in total. The number of hydrogen-bond acceptors (Lipinski definition) is 3. The number of fused-ring (bicyclic) bond motifs is 3. The second-order valence-corrected chi connectivity index (χ2v) is 7.48. The van der Waals surface area contributed by atoms with Gasteiger partial charge in [0.2, 0.25) is 0 Å². The number of nitrogens with one attached hydrogen (secondary N) is 1. The van der Waals surface area contributed by atoms with Crippen molar-refractivity contribution in [2.45, 2.75) is 63.2 Å². The van der Waals surface area contributed by atoms with E-state index in [4.69, 9.17) is 0 Å². The highest BCUT2D eigenvalue weighted by atomic mass is 19.3. The van der Waals surface area contributed by atoms with Crippen molar-refractivity contribution in [3.8, 4) is 0 Å². The Labute approximate surface area is 151 Å². The van der Waals surface area contributed by atoms with Crippen molar-refractivity contribution in [2.24, 2.45) is 0 Å². The Balaban J connectivity index is 1.55. The highest BCUT2D eigenvalue weighted by Crippen LogP contribution is 2.32. The summed E-state index contributed by atoms with van der Waals surface area (Å²) in [6.07, 6.45) is 2.96. The molecule has 2 aromatic rings. The predicted octanol–water partition coefficient (Wildman–Crippen LogP) is 3.05. The van der Waals surface area contributed by atoms with E-state index < -0.39 is 13.0 Å². The minimum absolute atomic E-state index is 0.119. The highest BCUT2D eigenvalue weighted by Gasteiger charge is 2.36. The summed E-state index contributed by atoms with van der Waals surface area (Å²) in [5, 5.41) is 7.93. The van der Waals surface area contributed by atoms with Crippen LogP contribution in [0.3, 0.4) is 0 Å². The summed E-state index contributed by atoms with van der Waals surface area (Å²) < 4.78 is 26.9. The zero-order valence-corrected chi connectivity index (χ0v) is 14.9. The van der Waals surface area contributed by atoms with E-state index in [9.17, 15) is 13.6 Å². The molecule has 1 amide bonds. The summed E-state index contributed by atoms with van der Waals surface area (Å²) in [5.74, 6) is -0.262. The maximum absolute atomic E-state index is 12.8. The lowest BCUT2D eigenvalue weighted by Gasteiger charge is -2.47. The zero-order valence-electron chi connectivity index (χ0n) is 14.9. The number of halogens is 2. The number of nitrogens with zero attached hydrogens (tertiary/aromatic N) is 3. The maximum Gasteiger partial charge on any atom is 0.272 e. The molecule has 0 spiro atoms. The number of alkyl halides is 2. The fraction of sp³-hybridized carbons (Fsp3) is 0.579. The third-order valence-corrected chi connectivity index (χ3v) is 5.86. The largest absolute Gasteiger partial charge is 0.348 e. The molecule has 1 aromatic carbocycles. The molecule has 0 saturated carbocycles. The summed E-state index contributed by atoms with van der Waals surface area (Å²) in [6, 6.07) is 8.21. The van der Waals surface area contributed by atoms with Gasteiger partial charge in [-0.05, 0) is 38.8 Å². The van der Waals surface area contributed by atoms with Crippen molar-refractivity contribution in [3.05, 3.63) is 30.0 Å². The molecule has 0 radical (unpaired) electrons. The molecular weight excluding hydrogens is 338 g/mol. The number of benzene rings is 1. The second kappa shape index (κ2) is 6.95. The molecule has 0 unspecified atom stereocenters. The van der Waals surface area contributed by atoms with Crippen LogP contribution in [0.15, 0.2) is 24.3 Å². The van der Waals surface area contributed by atoms with Crippen LogP contribution in [0.4, 0.5) is 8.78 Å². The van der Waals surface area contributed by atoms with Crippen LogP contribution in [0.1, 0.15) is 42.6 Å². The lowest BCUT2D eigenvalue weighted by Crippen LogP contribution is -2.55. The van der Waals surface area contributed by atoms with Crippen LogP contribution in [0.2, 0.25) is 0 Å². The van der Waals surface area contributed by atoms with Crippen LogP contribution < -0.4 is 5.32 Å². The molecule has 140 valence electrons. The van der Waals surface area contributed by atoms with Gasteiger partial charge in [0.25, 0.3) is 12.3 Å². The molecule has 2 aliphatic heterocycles. The lowest BCUT2D eigenvalue weighted by molar-refractivity contribution is 0.0461. The van der Waals surface area contributed by atoms with Gasteiger partial charge in [-0.2, -0.15) is 5.10 Å². The number of piperidine rings is 2. The van der Waals surface area contributed by atoms with Gasteiger partial charge in [-0.1, -0.05) is 24.6 Å². The van der Waals surface area contributed by atoms with E-state index in [-0.39, 0.29) is 17.6 Å². The van der Waals surface area contributed by atoms with E-state index >= 15 is 0 Å². The van der Waals surface area contributed by atoms with Crippen LogP contribution >= 0.6 is 0 Å². The first-order valence-corrected chi connectivity index (χ1v) is 9.29. The number of para-hydroxylation sites is 1. The topological polar surface area (TPSA) is 50.2 Å². The second-order valence-electron chi connectivity index (χ2n) is 7.48. The van der Waals surface area contributed by atoms with E-state index in [1.54, 1.807) is 24.3 Å². The molecule has 0 aliphatic carbocycles. The van der Waals surface area contributed by atoms with Crippen molar-refractivity contribution >= 4 is 16.8 Å². The maximum atomic E-state index is 12.8. The van der Waals surface area contributed by atoms with Gasteiger partial charge in [-0.25, -0.2) is 8.78 Å². The van der Waals surface area contributed by atoms with Crippen LogP contribution in [-0.4, -0.2) is 52.2 Å². The Morgan fingerprint density at radius 1 is 1.27 bits per heavy atom. The van der Waals surface area contributed by atoms with Crippen LogP contribution in [0, 0.1) is 0 Å². The Hall–Kier alpha value is -2.02. The molecule has 2 aliphatic rings. The van der Waals surface area contributed by atoms with E-state index in [1.165, 1.54) is 23.9 Å². The molecule has 1 N–H and O–H groups in total. The number of aromatic nitrogens is 2. The molecule has 2 fully saturated rings. The third kappa shape index (κ3) is 3.20. The van der Waals surface area contributed by atoms with Crippen molar-refractivity contribution in [2.75, 3.05) is 7.05 Å². The first-order valence-electron chi connectivity index (χ1n) is 9.29. The van der Waals surface area contributed by atoms with Crippen molar-refractivity contribution in [1.29, 1.82) is 0 Å². The summed E-state index contributed by atoms with van der Waals surface area (Å²) in [5.41, 5.74) is 0.809. The molecule has 3 heterocycles. The summed E-state index contributed by atoms with van der Waals surface area (Å²) in [4.78, 5) is 15.3. The Morgan fingerprint density at radius 3 is 2.65 bits per heavy atom. The monoisotopic (exact) mass is 362 g/mol. The molecule has 4 rings (SSSR count). The third-order valence-electron chi connectivity index (χ3n) is 5.86. The zero-order chi connectivity index (χ0) is 18.3. The van der Waals surface area contributed by atoms with Crippen LogP contribution in [0.25, 0.3) is 10.9 Å². The van der Waals surface area contributed by atoms with E-state index in [0.717, 1.165) is 12.8 Å².